The average Bonchev–Trinajstić information content (AvgIpc) is 3.15. The topological polar surface area (TPSA) is 126 Å². The first-order chi connectivity index (χ1) is 15.9. The van der Waals surface area contributed by atoms with Crippen LogP contribution in [0.15, 0.2) is 48.7 Å². The number of nitrogens with one attached hydrogen (secondary N) is 1. The lowest BCUT2D eigenvalue weighted by molar-refractivity contribution is -0.384. The van der Waals surface area contributed by atoms with Gasteiger partial charge in [0, 0.05) is 24.6 Å². The molecule has 0 amide bonds. The number of hydrogen-bond donors (Lipinski definition) is 1. The molecule has 0 spiro atoms. The average molecular weight is 451 g/mol. The summed E-state index contributed by atoms with van der Waals surface area (Å²) < 4.78 is 21.9. The predicted molar refractivity (Wildman–Crippen MR) is 120 cm³/mol. The number of pyridine rings is 1. The molecule has 0 saturated heterocycles. The van der Waals surface area contributed by atoms with Crippen molar-refractivity contribution in [2.75, 3.05) is 7.11 Å². The molecule has 4 rings (SSSR count). The fourth-order valence-corrected chi connectivity index (χ4v) is 3.46. The van der Waals surface area contributed by atoms with Crippen molar-refractivity contribution in [1.82, 2.24) is 9.97 Å². The second kappa shape index (κ2) is 9.13. The number of carbonyl (C=O) groups is 1. The Kier molecular flexibility index (Phi) is 6.09. The van der Waals surface area contributed by atoms with Gasteiger partial charge in [-0.2, -0.15) is 0 Å². The number of aromatic nitrogens is 2. The highest BCUT2D eigenvalue weighted by Crippen LogP contribution is 2.39. The quantitative estimate of drug-likeness (QED) is 0.222. The van der Waals surface area contributed by atoms with Gasteiger partial charge in [0.25, 0.3) is 5.69 Å². The van der Waals surface area contributed by atoms with E-state index in [1.54, 1.807) is 26.1 Å². The Hall–Kier alpha value is -4.18. The summed E-state index contributed by atoms with van der Waals surface area (Å²) in [7, 11) is 1.53. The maximum Gasteiger partial charge on any atom is 0.515 e. The minimum Gasteiger partial charge on any atom is -0.457 e. The number of hydrogen-bond acceptors (Lipinski definition) is 8. The summed E-state index contributed by atoms with van der Waals surface area (Å²) in [4.78, 5) is 30.1. The van der Waals surface area contributed by atoms with E-state index in [4.69, 9.17) is 18.9 Å². The molecule has 33 heavy (non-hydrogen) atoms. The second-order valence-corrected chi connectivity index (χ2v) is 7.44. The van der Waals surface area contributed by atoms with E-state index < -0.39 is 11.1 Å². The molecule has 0 fully saturated rings. The molecule has 0 aliphatic rings. The van der Waals surface area contributed by atoms with Gasteiger partial charge in [-0.15, -0.1) is 0 Å². The summed E-state index contributed by atoms with van der Waals surface area (Å²) in [6.45, 7) is 3.55. The molecule has 0 atom stereocenters. The van der Waals surface area contributed by atoms with Gasteiger partial charge in [0.15, 0.2) is 0 Å². The lowest BCUT2D eigenvalue weighted by Crippen LogP contribution is -2.17. The molecule has 0 aliphatic heterocycles. The zero-order valence-corrected chi connectivity index (χ0v) is 18.2. The van der Waals surface area contributed by atoms with Gasteiger partial charge < -0.3 is 23.9 Å². The number of aromatic amines is 1. The van der Waals surface area contributed by atoms with Crippen LogP contribution in [0.1, 0.15) is 19.4 Å². The third kappa shape index (κ3) is 4.55. The number of nitrogens with zero attached hydrogens (tertiary/aromatic N) is 2. The Morgan fingerprint density at radius 3 is 2.55 bits per heavy atom. The molecule has 4 aromatic rings. The normalized spacial score (nSPS) is 11.2. The van der Waals surface area contributed by atoms with Crippen LogP contribution in [-0.4, -0.2) is 34.3 Å². The van der Waals surface area contributed by atoms with Crippen LogP contribution >= 0.6 is 0 Å². The molecule has 0 saturated carbocycles. The molecule has 0 unspecified atom stereocenters. The highest BCUT2D eigenvalue weighted by Gasteiger charge is 2.21. The van der Waals surface area contributed by atoms with Gasteiger partial charge in [-0.1, -0.05) is 6.07 Å². The third-order valence-corrected chi connectivity index (χ3v) is 4.76. The maximum absolute atomic E-state index is 12.1. The number of nitro benzene ring substituents is 1. The van der Waals surface area contributed by atoms with Crippen molar-refractivity contribution in [3.63, 3.8) is 0 Å². The van der Waals surface area contributed by atoms with Crippen LogP contribution in [0.5, 0.6) is 17.4 Å². The van der Waals surface area contributed by atoms with Gasteiger partial charge in [-0.05, 0) is 38.1 Å². The molecule has 10 nitrogen and oxygen atoms in total. The summed E-state index contributed by atoms with van der Waals surface area (Å²) in [5.74, 6) is 1.01. The maximum atomic E-state index is 12.1. The number of nitro groups is 1. The van der Waals surface area contributed by atoms with E-state index in [2.05, 4.69) is 9.97 Å². The van der Waals surface area contributed by atoms with Gasteiger partial charge in [0.1, 0.15) is 11.5 Å². The highest BCUT2D eigenvalue weighted by molar-refractivity contribution is 6.12. The molecule has 10 heteroatoms. The van der Waals surface area contributed by atoms with E-state index in [0.29, 0.717) is 28.0 Å². The van der Waals surface area contributed by atoms with Crippen molar-refractivity contribution < 1.29 is 28.7 Å². The van der Waals surface area contributed by atoms with Crippen molar-refractivity contribution in [3.05, 3.63) is 64.3 Å². The highest BCUT2D eigenvalue weighted by atomic mass is 16.7. The lowest BCUT2D eigenvalue weighted by atomic mass is 10.1. The Bertz CT molecular complexity index is 1330. The van der Waals surface area contributed by atoms with Crippen LogP contribution in [0.3, 0.4) is 0 Å². The monoisotopic (exact) mass is 451 g/mol. The molecular formula is C23H21N3O7. The summed E-state index contributed by atoms with van der Waals surface area (Å²) in [6.07, 6.45) is 0.348. The van der Waals surface area contributed by atoms with E-state index in [0.717, 1.165) is 10.9 Å². The molecule has 0 radical (unpaired) electrons. The van der Waals surface area contributed by atoms with Crippen LogP contribution in [-0.2, 0) is 16.1 Å². The summed E-state index contributed by atoms with van der Waals surface area (Å²) in [5.41, 5.74) is 1.98. The van der Waals surface area contributed by atoms with E-state index in [-0.39, 0.29) is 24.3 Å². The number of benzene rings is 2. The first-order valence-electron chi connectivity index (χ1n) is 10.1. The first kappa shape index (κ1) is 22.0. The molecule has 170 valence electrons. The first-order valence-corrected chi connectivity index (χ1v) is 10.1. The standard InChI is InChI=1S/C23H21N3O7/c1-13(2)31-23(27)33-22-16(12-30-3)20-18(11-24-22)25-17-5-4-6-19(21(17)20)32-15-9-7-14(8-10-15)26(28)29/h4-11,13,25H,12H2,1-3H3. The Labute approximate surface area is 188 Å². The molecule has 2 aromatic heterocycles. The van der Waals surface area contributed by atoms with Crippen molar-refractivity contribution in [3.8, 4) is 17.4 Å². The van der Waals surface area contributed by atoms with Gasteiger partial charge in [-0.25, -0.2) is 9.78 Å². The van der Waals surface area contributed by atoms with E-state index in [1.165, 1.54) is 31.4 Å². The smallest absolute Gasteiger partial charge is 0.457 e. The molecule has 1 N–H and O–H groups in total. The van der Waals surface area contributed by atoms with Gasteiger partial charge >= 0.3 is 6.16 Å². The minimum absolute atomic E-state index is 0.0313. The number of carbonyl (C=O) groups excluding carboxylic acids is 1. The number of fused-ring (bicyclic) bond motifs is 3. The Morgan fingerprint density at radius 1 is 1.12 bits per heavy atom. The molecule has 2 aromatic carbocycles. The van der Waals surface area contributed by atoms with Crippen molar-refractivity contribution >= 4 is 33.6 Å². The zero-order chi connectivity index (χ0) is 23.5. The molecule has 0 bridgehead atoms. The van der Waals surface area contributed by atoms with E-state index >= 15 is 0 Å². The minimum atomic E-state index is -0.864. The third-order valence-electron chi connectivity index (χ3n) is 4.76. The van der Waals surface area contributed by atoms with E-state index in [9.17, 15) is 14.9 Å². The summed E-state index contributed by atoms with van der Waals surface area (Å²) in [6, 6.07) is 11.3. The fraction of sp³-hybridized carbons (Fsp3) is 0.217. The summed E-state index contributed by atoms with van der Waals surface area (Å²) >= 11 is 0. The number of ether oxygens (including phenoxy) is 4. The van der Waals surface area contributed by atoms with Crippen LogP contribution in [0.4, 0.5) is 10.5 Å². The molecular weight excluding hydrogens is 430 g/mol. The fourth-order valence-electron chi connectivity index (χ4n) is 3.46. The van der Waals surface area contributed by atoms with Gasteiger partial charge in [-0.3, -0.25) is 10.1 Å². The van der Waals surface area contributed by atoms with Crippen LogP contribution in [0, 0.1) is 10.1 Å². The lowest BCUT2D eigenvalue weighted by Gasteiger charge is -2.12. The molecule has 2 heterocycles. The zero-order valence-electron chi connectivity index (χ0n) is 18.2. The van der Waals surface area contributed by atoms with Gasteiger partial charge in [0.05, 0.1) is 45.8 Å². The predicted octanol–water partition coefficient (Wildman–Crippen LogP) is 5.49. The molecule has 0 aliphatic carbocycles. The van der Waals surface area contributed by atoms with Crippen LogP contribution < -0.4 is 9.47 Å². The van der Waals surface area contributed by atoms with E-state index in [1.807, 2.05) is 12.1 Å². The number of methoxy groups -OCH3 is 1. The Morgan fingerprint density at radius 2 is 1.88 bits per heavy atom. The van der Waals surface area contributed by atoms with Crippen LogP contribution in [0.2, 0.25) is 0 Å². The van der Waals surface area contributed by atoms with Crippen molar-refractivity contribution in [2.24, 2.45) is 0 Å². The van der Waals surface area contributed by atoms with Crippen LogP contribution in [0.25, 0.3) is 21.8 Å². The largest absolute Gasteiger partial charge is 0.515 e. The SMILES string of the molecule is COCc1c(OC(=O)OC(C)C)ncc2[nH]c3cccc(Oc4ccc([N+](=O)[O-])cc4)c3c12. The number of H-pyrrole nitrogens is 1. The number of non-ortho nitro benzene ring substituents is 1. The van der Waals surface area contributed by atoms with Crippen molar-refractivity contribution in [1.29, 1.82) is 0 Å². The van der Waals surface area contributed by atoms with Crippen molar-refractivity contribution in [2.45, 2.75) is 26.6 Å². The Balaban J connectivity index is 1.82. The summed E-state index contributed by atoms with van der Waals surface area (Å²) in [5, 5.41) is 12.4. The number of rotatable bonds is 7. The van der Waals surface area contributed by atoms with Gasteiger partial charge in [0.2, 0.25) is 5.88 Å². The second-order valence-electron chi connectivity index (χ2n) is 7.44.